The van der Waals surface area contributed by atoms with Crippen LogP contribution in [0.25, 0.3) is 0 Å². The molecule has 19 heavy (non-hydrogen) atoms. The predicted molar refractivity (Wildman–Crippen MR) is 85.7 cm³/mol. The van der Waals surface area contributed by atoms with Gasteiger partial charge in [0.1, 0.15) is 0 Å². The van der Waals surface area contributed by atoms with Gasteiger partial charge in [-0.1, -0.05) is 39.5 Å². The molecule has 2 heteroatoms. The Kier molecular flexibility index (Phi) is 8.72. The number of hydrogen-bond acceptors (Lipinski definition) is 2. The van der Waals surface area contributed by atoms with Crippen LogP contribution in [0.1, 0.15) is 72.6 Å². The summed E-state index contributed by atoms with van der Waals surface area (Å²) in [6.07, 6.45) is 9.69. The van der Waals surface area contributed by atoms with Gasteiger partial charge in [0.25, 0.3) is 0 Å². The topological polar surface area (TPSA) is 15.3 Å². The first-order valence-corrected chi connectivity index (χ1v) is 8.61. The van der Waals surface area contributed by atoms with Crippen LogP contribution in [-0.4, -0.2) is 36.6 Å². The summed E-state index contributed by atoms with van der Waals surface area (Å²) in [5.74, 6) is 0.928. The first-order valence-electron chi connectivity index (χ1n) is 8.61. The summed E-state index contributed by atoms with van der Waals surface area (Å²) < 4.78 is 0. The molecule has 1 saturated carbocycles. The summed E-state index contributed by atoms with van der Waals surface area (Å²) >= 11 is 0. The van der Waals surface area contributed by atoms with Crippen LogP contribution in [-0.2, 0) is 0 Å². The van der Waals surface area contributed by atoms with Crippen LogP contribution >= 0.6 is 0 Å². The summed E-state index contributed by atoms with van der Waals surface area (Å²) in [6.45, 7) is 13.0. The maximum Gasteiger partial charge on any atom is 0.0110 e. The zero-order valence-corrected chi connectivity index (χ0v) is 13.8. The summed E-state index contributed by atoms with van der Waals surface area (Å²) in [6, 6.07) is 1.47. The van der Waals surface area contributed by atoms with E-state index in [0.717, 1.165) is 12.0 Å². The Morgan fingerprint density at radius 1 is 1.16 bits per heavy atom. The molecule has 1 aliphatic carbocycles. The van der Waals surface area contributed by atoms with Gasteiger partial charge in [0.2, 0.25) is 0 Å². The molecular formula is C17H36N2. The van der Waals surface area contributed by atoms with Crippen molar-refractivity contribution in [1.82, 2.24) is 10.2 Å². The molecule has 2 unspecified atom stereocenters. The van der Waals surface area contributed by atoms with Gasteiger partial charge in [-0.3, -0.25) is 4.90 Å². The first kappa shape index (κ1) is 17.0. The second-order valence-electron chi connectivity index (χ2n) is 6.76. The molecule has 2 atom stereocenters. The van der Waals surface area contributed by atoms with E-state index in [1.165, 1.54) is 64.6 Å². The lowest BCUT2D eigenvalue weighted by atomic mass is 9.87. The molecule has 1 fully saturated rings. The third-order valence-corrected chi connectivity index (χ3v) is 4.55. The number of nitrogens with one attached hydrogen (secondary N) is 1. The highest BCUT2D eigenvalue weighted by Crippen LogP contribution is 2.23. The molecule has 1 N–H and O–H groups in total. The molecule has 0 saturated heterocycles. The summed E-state index contributed by atoms with van der Waals surface area (Å²) in [5.41, 5.74) is 0. The number of hydrogen-bond donors (Lipinski definition) is 1. The highest BCUT2D eigenvalue weighted by molar-refractivity contribution is 4.76. The minimum atomic E-state index is 0.684. The lowest BCUT2D eigenvalue weighted by Gasteiger charge is -2.30. The lowest BCUT2D eigenvalue weighted by molar-refractivity contribution is 0.208. The fourth-order valence-corrected chi connectivity index (χ4v) is 3.22. The van der Waals surface area contributed by atoms with Crippen LogP contribution < -0.4 is 5.32 Å². The molecule has 1 rings (SSSR count). The van der Waals surface area contributed by atoms with Crippen molar-refractivity contribution >= 4 is 0 Å². The van der Waals surface area contributed by atoms with Gasteiger partial charge >= 0.3 is 0 Å². The van der Waals surface area contributed by atoms with Gasteiger partial charge in [-0.25, -0.2) is 0 Å². The molecule has 0 aromatic rings. The van der Waals surface area contributed by atoms with Gasteiger partial charge in [-0.15, -0.1) is 0 Å². The normalized spacial score (nSPS) is 24.3. The molecule has 0 spiro atoms. The molecule has 0 aromatic heterocycles. The maximum absolute atomic E-state index is 3.79. The van der Waals surface area contributed by atoms with Crippen LogP contribution in [0, 0.1) is 5.92 Å². The SMILES string of the molecule is CCCCCN(CCNC1CCCC(C)C1)C(C)C. The largest absolute Gasteiger partial charge is 0.313 e. The molecule has 0 aromatic carbocycles. The van der Waals surface area contributed by atoms with Crippen LogP contribution in [0.3, 0.4) is 0 Å². The smallest absolute Gasteiger partial charge is 0.0110 e. The molecule has 1 aliphatic rings. The van der Waals surface area contributed by atoms with Crippen molar-refractivity contribution < 1.29 is 0 Å². The third kappa shape index (κ3) is 7.31. The van der Waals surface area contributed by atoms with Crippen LogP contribution in [0.15, 0.2) is 0 Å². The highest BCUT2D eigenvalue weighted by Gasteiger charge is 2.18. The van der Waals surface area contributed by atoms with Crippen molar-refractivity contribution in [1.29, 1.82) is 0 Å². The predicted octanol–water partition coefficient (Wildman–Crippen LogP) is 4.06. The minimum Gasteiger partial charge on any atom is -0.313 e. The van der Waals surface area contributed by atoms with Crippen LogP contribution in [0.4, 0.5) is 0 Å². The van der Waals surface area contributed by atoms with E-state index >= 15 is 0 Å². The van der Waals surface area contributed by atoms with Crippen LogP contribution in [0.5, 0.6) is 0 Å². The Morgan fingerprint density at radius 2 is 1.95 bits per heavy atom. The summed E-state index contributed by atoms with van der Waals surface area (Å²) in [5, 5.41) is 3.79. The molecule has 0 bridgehead atoms. The molecule has 114 valence electrons. The fraction of sp³-hybridized carbons (Fsp3) is 1.00. The number of unbranched alkanes of at least 4 members (excludes halogenated alkanes) is 2. The van der Waals surface area contributed by atoms with Crippen molar-refractivity contribution in [3.8, 4) is 0 Å². The Morgan fingerprint density at radius 3 is 2.58 bits per heavy atom. The molecule has 0 radical (unpaired) electrons. The van der Waals surface area contributed by atoms with E-state index < -0.39 is 0 Å². The lowest BCUT2D eigenvalue weighted by Crippen LogP contribution is -2.41. The van der Waals surface area contributed by atoms with Crippen molar-refractivity contribution in [3.05, 3.63) is 0 Å². The number of nitrogens with zero attached hydrogens (tertiary/aromatic N) is 1. The summed E-state index contributed by atoms with van der Waals surface area (Å²) in [4.78, 5) is 2.63. The van der Waals surface area contributed by atoms with E-state index in [4.69, 9.17) is 0 Å². The van der Waals surface area contributed by atoms with Crippen molar-refractivity contribution in [3.63, 3.8) is 0 Å². The third-order valence-electron chi connectivity index (χ3n) is 4.55. The molecule has 0 heterocycles. The monoisotopic (exact) mass is 268 g/mol. The van der Waals surface area contributed by atoms with E-state index in [1.54, 1.807) is 0 Å². The standard InChI is InChI=1S/C17H36N2/c1-5-6-7-12-19(15(2)3)13-11-18-17-10-8-9-16(4)14-17/h15-18H,5-14H2,1-4H3. The molecular weight excluding hydrogens is 232 g/mol. The molecule has 0 aliphatic heterocycles. The first-order chi connectivity index (χ1) is 9.13. The van der Waals surface area contributed by atoms with Crippen molar-refractivity contribution in [2.45, 2.75) is 84.7 Å². The van der Waals surface area contributed by atoms with Gasteiger partial charge in [0, 0.05) is 25.2 Å². The Labute approximate surface area is 121 Å². The van der Waals surface area contributed by atoms with E-state index in [2.05, 4.69) is 37.9 Å². The van der Waals surface area contributed by atoms with E-state index in [9.17, 15) is 0 Å². The molecule has 2 nitrogen and oxygen atoms in total. The van der Waals surface area contributed by atoms with Gasteiger partial charge in [0.15, 0.2) is 0 Å². The van der Waals surface area contributed by atoms with Crippen molar-refractivity contribution in [2.24, 2.45) is 5.92 Å². The number of rotatable bonds is 9. The Bertz CT molecular complexity index is 215. The van der Waals surface area contributed by atoms with E-state index in [0.29, 0.717) is 6.04 Å². The van der Waals surface area contributed by atoms with E-state index in [-0.39, 0.29) is 0 Å². The van der Waals surface area contributed by atoms with Crippen molar-refractivity contribution in [2.75, 3.05) is 19.6 Å². The minimum absolute atomic E-state index is 0.684. The fourth-order valence-electron chi connectivity index (χ4n) is 3.22. The average molecular weight is 268 g/mol. The highest BCUT2D eigenvalue weighted by atomic mass is 15.2. The zero-order valence-electron chi connectivity index (χ0n) is 13.8. The van der Waals surface area contributed by atoms with Crippen LogP contribution in [0.2, 0.25) is 0 Å². The van der Waals surface area contributed by atoms with E-state index in [1.807, 2.05) is 0 Å². The second-order valence-corrected chi connectivity index (χ2v) is 6.76. The Hall–Kier alpha value is -0.0800. The van der Waals surface area contributed by atoms with Gasteiger partial charge < -0.3 is 5.32 Å². The zero-order chi connectivity index (χ0) is 14.1. The molecule has 0 amide bonds. The average Bonchev–Trinajstić information content (AvgIpc) is 2.37. The van der Waals surface area contributed by atoms with Gasteiger partial charge in [-0.2, -0.15) is 0 Å². The quantitative estimate of drug-likeness (QED) is 0.635. The van der Waals surface area contributed by atoms with Gasteiger partial charge in [0.05, 0.1) is 0 Å². The Balaban J connectivity index is 2.16. The maximum atomic E-state index is 3.79. The second kappa shape index (κ2) is 9.77. The van der Waals surface area contributed by atoms with Gasteiger partial charge in [-0.05, 0) is 45.6 Å². The summed E-state index contributed by atoms with van der Waals surface area (Å²) in [7, 11) is 0.